The lowest BCUT2D eigenvalue weighted by molar-refractivity contribution is -0.127. The van der Waals surface area contributed by atoms with Crippen LogP contribution in [-0.2, 0) is 11.3 Å². The topological polar surface area (TPSA) is 38.3 Å². The number of methoxy groups -OCH3 is 1. The zero-order valence-corrected chi connectivity index (χ0v) is 9.53. The molecule has 0 atom stereocenters. The summed E-state index contributed by atoms with van der Waals surface area (Å²) in [5.41, 5.74) is 1.11. The molecule has 16 heavy (non-hydrogen) atoms. The Morgan fingerprint density at radius 3 is 2.56 bits per heavy atom. The SMILES string of the molecule is COc1ccc(CNC(=O)C2CCC2)cc1. The van der Waals surface area contributed by atoms with E-state index in [9.17, 15) is 4.79 Å². The van der Waals surface area contributed by atoms with E-state index in [1.165, 1.54) is 6.42 Å². The highest BCUT2D eigenvalue weighted by atomic mass is 16.5. The van der Waals surface area contributed by atoms with Gasteiger partial charge in [-0.05, 0) is 30.5 Å². The number of rotatable bonds is 4. The molecular formula is C13H17NO2. The van der Waals surface area contributed by atoms with Crippen LogP contribution >= 0.6 is 0 Å². The Kier molecular flexibility index (Phi) is 3.44. The number of benzene rings is 1. The molecule has 0 saturated heterocycles. The summed E-state index contributed by atoms with van der Waals surface area (Å²) < 4.78 is 5.07. The van der Waals surface area contributed by atoms with E-state index in [1.54, 1.807) is 7.11 Å². The molecule has 0 radical (unpaired) electrons. The summed E-state index contributed by atoms with van der Waals surface area (Å²) >= 11 is 0. The minimum atomic E-state index is 0.196. The lowest BCUT2D eigenvalue weighted by Crippen LogP contribution is -2.33. The summed E-state index contributed by atoms with van der Waals surface area (Å²) in [5.74, 6) is 1.30. The predicted molar refractivity (Wildman–Crippen MR) is 62.2 cm³/mol. The lowest BCUT2D eigenvalue weighted by atomic mass is 9.85. The number of carbonyl (C=O) groups is 1. The average Bonchev–Trinajstić information content (AvgIpc) is 2.25. The first kappa shape index (κ1) is 11.0. The van der Waals surface area contributed by atoms with Gasteiger partial charge in [-0.25, -0.2) is 0 Å². The second-order valence-electron chi connectivity index (χ2n) is 4.19. The Morgan fingerprint density at radius 2 is 2.06 bits per heavy atom. The van der Waals surface area contributed by atoms with Gasteiger partial charge >= 0.3 is 0 Å². The third-order valence-corrected chi connectivity index (χ3v) is 3.10. The van der Waals surface area contributed by atoms with Crippen LogP contribution in [0.4, 0.5) is 0 Å². The molecular weight excluding hydrogens is 202 g/mol. The highest BCUT2D eigenvalue weighted by Crippen LogP contribution is 2.26. The lowest BCUT2D eigenvalue weighted by Gasteiger charge is -2.24. The summed E-state index contributed by atoms with van der Waals surface area (Å²) in [7, 11) is 1.65. The van der Waals surface area contributed by atoms with Crippen LogP contribution in [0.15, 0.2) is 24.3 Å². The molecule has 3 nitrogen and oxygen atoms in total. The fourth-order valence-corrected chi connectivity index (χ4v) is 1.75. The van der Waals surface area contributed by atoms with Crippen molar-refractivity contribution in [3.8, 4) is 5.75 Å². The molecule has 1 aromatic rings. The molecule has 0 aliphatic heterocycles. The van der Waals surface area contributed by atoms with Gasteiger partial charge in [-0.15, -0.1) is 0 Å². The van der Waals surface area contributed by atoms with E-state index in [-0.39, 0.29) is 11.8 Å². The number of carbonyl (C=O) groups excluding carboxylic acids is 1. The first-order chi connectivity index (χ1) is 7.79. The van der Waals surface area contributed by atoms with Crippen LogP contribution in [0.25, 0.3) is 0 Å². The Bertz CT molecular complexity index is 355. The molecule has 2 rings (SSSR count). The monoisotopic (exact) mass is 219 g/mol. The molecule has 0 aromatic heterocycles. The summed E-state index contributed by atoms with van der Waals surface area (Å²) in [5, 5.41) is 2.96. The van der Waals surface area contributed by atoms with Gasteiger partial charge in [-0.1, -0.05) is 18.6 Å². The van der Waals surface area contributed by atoms with Crippen molar-refractivity contribution < 1.29 is 9.53 Å². The van der Waals surface area contributed by atoms with Crippen LogP contribution in [0.5, 0.6) is 5.75 Å². The number of ether oxygens (including phenoxy) is 1. The van der Waals surface area contributed by atoms with E-state index in [2.05, 4.69) is 5.32 Å². The molecule has 0 spiro atoms. The van der Waals surface area contributed by atoms with Crippen molar-refractivity contribution in [2.45, 2.75) is 25.8 Å². The first-order valence-electron chi connectivity index (χ1n) is 5.70. The van der Waals surface area contributed by atoms with Crippen LogP contribution in [0.1, 0.15) is 24.8 Å². The van der Waals surface area contributed by atoms with Gasteiger partial charge in [0, 0.05) is 12.5 Å². The molecule has 1 saturated carbocycles. The molecule has 1 N–H and O–H groups in total. The van der Waals surface area contributed by atoms with Gasteiger partial charge < -0.3 is 10.1 Å². The van der Waals surface area contributed by atoms with Crippen molar-refractivity contribution in [1.82, 2.24) is 5.32 Å². The molecule has 1 aliphatic carbocycles. The van der Waals surface area contributed by atoms with Crippen molar-refractivity contribution >= 4 is 5.91 Å². The quantitative estimate of drug-likeness (QED) is 0.842. The highest BCUT2D eigenvalue weighted by molar-refractivity contribution is 5.79. The van der Waals surface area contributed by atoms with Crippen LogP contribution in [0.3, 0.4) is 0 Å². The van der Waals surface area contributed by atoms with E-state index in [1.807, 2.05) is 24.3 Å². The van der Waals surface area contributed by atoms with Crippen LogP contribution in [0.2, 0.25) is 0 Å². The Morgan fingerprint density at radius 1 is 1.38 bits per heavy atom. The zero-order chi connectivity index (χ0) is 11.4. The van der Waals surface area contributed by atoms with Crippen molar-refractivity contribution in [3.63, 3.8) is 0 Å². The molecule has 1 aromatic carbocycles. The van der Waals surface area contributed by atoms with E-state index in [0.717, 1.165) is 24.2 Å². The summed E-state index contributed by atoms with van der Waals surface area (Å²) in [6.07, 6.45) is 3.30. The molecule has 1 aliphatic rings. The first-order valence-corrected chi connectivity index (χ1v) is 5.70. The minimum absolute atomic E-state index is 0.196. The largest absolute Gasteiger partial charge is 0.497 e. The van der Waals surface area contributed by atoms with Crippen molar-refractivity contribution in [3.05, 3.63) is 29.8 Å². The van der Waals surface area contributed by atoms with E-state index in [4.69, 9.17) is 4.74 Å². The van der Waals surface area contributed by atoms with Gasteiger partial charge in [0.15, 0.2) is 0 Å². The molecule has 1 fully saturated rings. The van der Waals surface area contributed by atoms with E-state index < -0.39 is 0 Å². The van der Waals surface area contributed by atoms with Crippen LogP contribution in [0, 0.1) is 5.92 Å². The third kappa shape index (κ3) is 2.54. The van der Waals surface area contributed by atoms with Crippen molar-refractivity contribution in [2.75, 3.05) is 7.11 Å². The van der Waals surface area contributed by atoms with Gasteiger partial charge in [0.2, 0.25) is 5.91 Å². The molecule has 86 valence electrons. The van der Waals surface area contributed by atoms with Gasteiger partial charge in [-0.2, -0.15) is 0 Å². The molecule has 1 amide bonds. The maximum absolute atomic E-state index is 11.6. The van der Waals surface area contributed by atoms with Crippen LogP contribution < -0.4 is 10.1 Å². The number of hydrogen-bond donors (Lipinski definition) is 1. The molecule has 0 heterocycles. The van der Waals surface area contributed by atoms with Gasteiger partial charge in [0.25, 0.3) is 0 Å². The summed E-state index contributed by atoms with van der Waals surface area (Å²) in [6, 6.07) is 7.76. The number of amides is 1. The van der Waals surface area contributed by atoms with Crippen molar-refractivity contribution in [2.24, 2.45) is 5.92 Å². The maximum atomic E-state index is 11.6. The summed E-state index contributed by atoms with van der Waals surface area (Å²) in [6.45, 7) is 0.610. The zero-order valence-electron chi connectivity index (χ0n) is 9.53. The van der Waals surface area contributed by atoms with Gasteiger partial charge in [0.05, 0.1) is 7.11 Å². The minimum Gasteiger partial charge on any atom is -0.497 e. The molecule has 0 bridgehead atoms. The molecule has 0 unspecified atom stereocenters. The van der Waals surface area contributed by atoms with Crippen molar-refractivity contribution in [1.29, 1.82) is 0 Å². The standard InChI is InChI=1S/C13H17NO2/c1-16-12-7-5-10(6-8-12)9-14-13(15)11-3-2-4-11/h5-8,11H,2-4,9H2,1H3,(H,14,15). The fourth-order valence-electron chi connectivity index (χ4n) is 1.75. The fraction of sp³-hybridized carbons (Fsp3) is 0.462. The predicted octanol–water partition coefficient (Wildman–Crippen LogP) is 2.11. The third-order valence-electron chi connectivity index (χ3n) is 3.10. The highest BCUT2D eigenvalue weighted by Gasteiger charge is 2.24. The Hall–Kier alpha value is -1.51. The van der Waals surface area contributed by atoms with E-state index in [0.29, 0.717) is 6.54 Å². The smallest absolute Gasteiger partial charge is 0.223 e. The van der Waals surface area contributed by atoms with Gasteiger partial charge in [0.1, 0.15) is 5.75 Å². The normalized spacial score (nSPS) is 15.3. The Labute approximate surface area is 95.8 Å². The number of hydrogen-bond acceptors (Lipinski definition) is 2. The summed E-state index contributed by atoms with van der Waals surface area (Å²) in [4.78, 5) is 11.6. The van der Waals surface area contributed by atoms with Crippen LogP contribution in [-0.4, -0.2) is 13.0 Å². The second kappa shape index (κ2) is 5.01. The Balaban J connectivity index is 1.81. The second-order valence-corrected chi connectivity index (χ2v) is 4.19. The number of nitrogens with one attached hydrogen (secondary N) is 1. The molecule has 3 heteroatoms. The maximum Gasteiger partial charge on any atom is 0.223 e. The van der Waals surface area contributed by atoms with E-state index >= 15 is 0 Å². The van der Waals surface area contributed by atoms with Gasteiger partial charge in [-0.3, -0.25) is 4.79 Å². The average molecular weight is 219 g/mol.